The first-order valence-corrected chi connectivity index (χ1v) is 7.64. The molecule has 3 rings (SSSR count). The summed E-state index contributed by atoms with van der Waals surface area (Å²) in [5.74, 6) is 5.38. The van der Waals surface area contributed by atoms with Crippen molar-refractivity contribution < 1.29 is 4.92 Å². The second kappa shape index (κ2) is 5.71. The van der Waals surface area contributed by atoms with E-state index in [9.17, 15) is 10.1 Å². The Morgan fingerprint density at radius 2 is 2.14 bits per heavy atom. The molecule has 0 amide bonds. The number of non-ortho nitro benzene ring substituents is 1. The summed E-state index contributed by atoms with van der Waals surface area (Å²) in [5.41, 5.74) is 5.03. The number of rotatable bonds is 4. The normalized spacial score (nSPS) is 17.1. The third kappa shape index (κ3) is 2.84. The molecule has 1 heterocycles. The van der Waals surface area contributed by atoms with Gasteiger partial charge in [-0.15, -0.1) is 11.3 Å². The molecule has 0 bridgehead atoms. The lowest BCUT2D eigenvalue weighted by Crippen LogP contribution is -2.16. The molecule has 1 aromatic carbocycles. The first-order valence-electron chi connectivity index (χ1n) is 6.76. The van der Waals surface area contributed by atoms with Gasteiger partial charge in [0.15, 0.2) is 0 Å². The number of nitrogens with one attached hydrogen (secondary N) is 2. The van der Waals surface area contributed by atoms with Gasteiger partial charge in [0, 0.05) is 22.7 Å². The van der Waals surface area contributed by atoms with Gasteiger partial charge in [-0.1, -0.05) is 0 Å². The van der Waals surface area contributed by atoms with E-state index >= 15 is 0 Å². The van der Waals surface area contributed by atoms with E-state index in [1.807, 2.05) is 0 Å². The van der Waals surface area contributed by atoms with Crippen LogP contribution in [0.2, 0.25) is 0 Å². The summed E-state index contributed by atoms with van der Waals surface area (Å²) in [6, 6.07) is 7.08. The number of benzene rings is 1. The molecule has 0 radical (unpaired) electrons. The fourth-order valence-corrected chi connectivity index (χ4v) is 3.71. The Balaban J connectivity index is 1.89. The molecule has 0 saturated heterocycles. The van der Waals surface area contributed by atoms with Crippen LogP contribution in [-0.2, 0) is 6.42 Å². The Bertz CT molecular complexity index is 671. The molecular weight excluding hydrogens is 288 g/mol. The number of hydrogen-bond donors (Lipinski definition) is 3. The molecule has 1 aliphatic carbocycles. The van der Waals surface area contributed by atoms with E-state index in [0.29, 0.717) is 11.4 Å². The first-order chi connectivity index (χ1) is 10.2. The number of nitrogens with two attached hydrogens (primary N) is 1. The minimum Gasteiger partial charge on any atom is -0.378 e. The molecule has 0 fully saturated rings. The minimum absolute atomic E-state index is 0.0225. The highest BCUT2D eigenvalue weighted by atomic mass is 32.1. The number of aryl methyl sites for hydroxylation is 1. The van der Waals surface area contributed by atoms with Crippen molar-refractivity contribution in [1.82, 2.24) is 0 Å². The zero-order valence-electron chi connectivity index (χ0n) is 11.3. The highest BCUT2D eigenvalue weighted by Crippen LogP contribution is 2.36. The minimum atomic E-state index is -0.414. The molecule has 1 unspecified atom stereocenters. The van der Waals surface area contributed by atoms with Crippen LogP contribution in [0.15, 0.2) is 29.6 Å². The molecule has 4 N–H and O–H groups in total. The van der Waals surface area contributed by atoms with Crippen molar-refractivity contribution in [2.75, 3.05) is 10.7 Å². The second-order valence-corrected chi connectivity index (χ2v) is 6.06. The lowest BCUT2D eigenvalue weighted by atomic mass is 9.94. The number of nitro benzene ring substituents is 1. The van der Waals surface area contributed by atoms with Gasteiger partial charge in [0.05, 0.1) is 16.7 Å². The second-order valence-electron chi connectivity index (χ2n) is 5.06. The molecule has 0 spiro atoms. The van der Waals surface area contributed by atoms with Crippen LogP contribution in [0.5, 0.6) is 0 Å². The highest BCUT2D eigenvalue weighted by molar-refractivity contribution is 7.10. The van der Waals surface area contributed by atoms with E-state index in [4.69, 9.17) is 5.84 Å². The number of hydrazine groups is 1. The Kier molecular flexibility index (Phi) is 3.76. The SMILES string of the molecule is NNc1cc(NC2CCCc3sccc32)cc([N+](=O)[O-])c1. The fraction of sp³-hybridized carbons (Fsp3) is 0.286. The van der Waals surface area contributed by atoms with Gasteiger partial charge in [-0.3, -0.25) is 16.0 Å². The molecule has 0 aliphatic heterocycles. The molecule has 0 saturated carbocycles. The summed E-state index contributed by atoms with van der Waals surface area (Å²) >= 11 is 1.77. The van der Waals surface area contributed by atoms with Crippen LogP contribution in [0.3, 0.4) is 0 Å². The molecule has 1 aromatic heterocycles. The van der Waals surface area contributed by atoms with E-state index in [1.165, 1.54) is 16.5 Å². The molecule has 1 atom stereocenters. The van der Waals surface area contributed by atoms with Gasteiger partial charge >= 0.3 is 0 Å². The van der Waals surface area contributed by atoms with Crippen LogP contribution in [0, 0.1) is 10.1 Å². The van der Waals surface area contributed by atoms with E-state index < -0.39 is 4.92 Å². The number of nitrogens with zero attached hydrogens (tertiary/aromatic N) is 1. The van der Waals surface area contributed by atoms with Gasteiger partial charge in [0.25, 0.3) is 5.69 Å². The van der Waals surface area contributed by atoms with Crippen molar-refractivity contribution in [3.8, 4) is 0 Å². The van der Waals surface area contributed by atoms with Crippen molar-refractivity contribution in [2.45, 2.75) is 25.3 Å². The molecule has 1 aliphatic rings. The van der Waals surface area contributed by atoms with Gasteiger partial charge in [-0.25, -0.2) is 0 Å². The average molecular weight is 304 g/mol. The maximum atomic E-state index is 11.0. The van der Waals surface area contributed by atoms with E-state index in [2.05, 4.69) is 22.2 Å². The van der Waals surface area contributed by atoms with Crippen LogP contribution >= 0.6 is 11.3 Å². The lowest BCUT2D eigenvalue weighted by molar-refractivity contribution is -0.384. The maximum Gasteiger partial charge on any atom is 0.273 e. The Labute approximate surface area is 126 Å². The van der Waals surface area contributed by atoms with Crippen LogP contribution in [0.4, 0.5) is 17.1 Å². The monoisotopic (exact) mass is 304 g/mol. The third-order valence-corrected chi connectivity index (χ3v) is 4.68. The number of thiophene rings is 1. The summed E-state index contributed by atoms with van der Waals surface area (Å²) < 4.78 is 0. The molecule has 2 aromatic rings. The van der Waals surface area contributed by atoms with Crippen LogP contribution < -0.4 is 16.6 Å². The van der Waals surface area contributed by atoms with Crippen molar-refractivity contribution >= 4 is 28.4 Å². The Hall–Kier alpha value is -2.12. The molecule has 21 heavy (non-hydrogen) atoms. The van der Waals surface area contributed by atoms with Crippen molar-refractivity contribution in [3.63, 3.8) is 0 Å². The van der Waals surface area contributed by atoms with Crippen LogP contribution in [-0.4, -0.2) is 4.92 Å². The maximum absolute atomic E-state index is 11.0. The van der Waals surface area contributed by atoms with Gasteiger partial charge in [-0.05, 0) is 42.3 Å². The molecule has 6 nitrogen and oxygen atoms in total. The lowest BCUT2D eigenvalue weighted by Gasteiger charge is -2.24. The van der Waals surface area contributed by atoms with Gasteiger partial charge in [-0.2, -0.15) is 0 Å². The van der Waals surface area contributed by atoms with Crippen molar-refractivity contribution in [2.24, 2.45) is 5.84 Å². The number of fused-ring (bicyclic) bond motifs is 1. The van der Waals surface area contributed by atoms with Crippen LogP contribution in [0.25, 0.3) is 0 Å². The predicted octanol–water partition coefficient (Wildman–Crippen LogP) is 3.43. The van der Waals surface area contributed by atoms with E-state index in [0.717, 1.165) is 19.3 Å². The van der Waals surface area contributed by atoms with Crippen molar-refractivity contribution in [1.29, 1.82) is 0 Å². The quantitative estimate of drug-likeness (QED) is 0.457. The standard InChI is InChI=1S/C14H16N4O2S/c15-17-10-6-9(7-11(8-10)18(19)20)16-13-2-1-3-14-12(13)4-5-21-14/h4-8,13,16-17H,1-3,15H2. The smallest absolute Gasteiger partial charge is 0.273 e. The average Bonchev–Trinajstić information content (AvgIpc) is 2.96. The largest absolute Gasteiger partial charge is 0.378 e. The summed E-state index contributed by atoms with van der Waals surface area (Å²) in [6.45, 7) is 0. The molecule has 110 valence electrons. The highest BCUT2D eigenvalue weighted by Gasteiger charge is 2.21. The molecule has 7 heteroatoms. The zero-order chi connectivity index (χ0) is 14.8. The molecular formula is C14H16N4O2S. The summed E-state index contributed by atoms with van der Waals surface area (Å²) in [7, 11) is 0. The van der Waals surface area contributed by atoms with Crippen LogP contribution in [0.1, 0.15) is 29.3 Å². The predicted molar refractivity (Wildman–Crippen MR) is 84.5 cm³/mol. The Morgan fingerprint density at radius 3 is 2.90 bits per heavy atom. The zero-order valence-corrected chi connectivity index (χ0v) is 12.2. The van der Waals surface area contributed by atoms with Gasteiger partial charge < -0.3 is 10.7 Å². The van der Waals surface area contributed by atoms with Gasteiger partial charge in [0.1, 0.15) is 0 Å². The fourth-order valence-electron chi connectivity index (χ4n) is 2.72. The first kappa shape index (κ1) is 13.8. The summed E-state index contributed by atoms with van der Waals surface area (Å²) in [4.78, 5) is 12.0. The van der Waals surface area contributed by atoms with Crippen molar-refractivity contribution in [3.05, 3.63) is 50.2 Å². The number of hydrogen-bond acceptors (Lipinski definition) is 6. The van der Waals surface area contributed by atoms with E-state index in [-0.39, 0.29) is 11.7 Å². The number of anilines is 2. The topological polar surface area (TPSA) is 93.2 Å². The summed E-state index contributed by atoms with van der Waals surface area (Å²) in [6.07, 6.45) is 3.27. The van der Waals surface area contributed by atoms with Gasteiger partial charge in [0.2, 0.25) is 0 Å². The van der Waals surface area contributed by atoms with E-state index in [1.54, 1.807) is 23.5 Å². The Morgan fingerprint density at radius 1 is 1.33 bits per heavy atom. The number of nitro groups is 1. The number of nitrogen functional groups attached to an aromatic ring is 1. The summed E-state index contributed by atoms with van der Waals surface area (Å²) in [5, 5.41) is 16.5. The third-order valence-electron chi connectivity index (χ3n) is 3.69.